The molecule has 1 heterocycles. The summed E-state index contributed by atoms with van der Waals surface area (Å²) in [7, 11) is 1.56. The van der Waals surface area contributed by atoms with Crippen LogP contribution in [0.1, 0.15) is 21.8 Å². The molecular formula is C18H15F2N3O2. The molecule has 128 valence electrons. The monoisotopic (exact) mass is 343 g/mol. The number of benzene rings is 2. The van der Waals surface area contributed by atoms with Gasteiger partial charge < -0.3 is 9.42 Å². The lowest BCUT2D eigenvalue weighted by atomic mass is 10.1. The molecule has 0 saturated heterocycles. The summed E-state index contributed by atoms with van der Waals surface area (Å²) in [6.07, 6.45) is 0. The Labute approximate surface area is 142 Å². The molecule has 0 radical (unpaired) electrons. The van der Waals surface area contributed by atoms with Gasteiger partial charge in [0.25, 0.3) is 5.91 Å². The van der Waals surface area contributed by atoms with Crippen LogP contribution >= 0.6 is 0 Å². The lowest BCUT2D eigenvalue weighted by Crippen LogP contribution is -2.26. The van der Waals surface area contributed by atoms with Crippen molar-refractivity contribution in [2.75, 3.05) is 7.05 Å². The van der Waals surface area contributed by atoms with Gasteiger partial charge in [0, 0.05) is 43.3 Å². The zero-order chi connectivity index (χ0) is 18.0. The number of carbonyl (C=O) groups is 1. The summed E-state index contributed by atoms with van der Waals surface area (Å²) in [5, 5.41) is 3.81. The fourth-order valence-corrected chi connectivity index (χ4v) is 2.38. The predicted octanol–water partition coefficient (Wildman–Crippen LogP) is 3.60. The standard InChI is InChI=1S/C18H15F2N3O2/c1-11-21-17(22-25-11)12-3-5-13(6-4-12)18(24)23(2)10-14-7-8-15(19)9-16(14)20/h3-9H,10H2,1-2H3. The van der Waals surface area contributed by atoms with E-state index in [1.165, 1.54) is 17.0 Å². The first-order valence-corrected chi connectivity index (χ1v) is 7.54. The van der Waals surface area contributed by atoms with Crippen molar-refractivity contribution in [3.05, 3.63) is 71.1 Å². The number of hydrogen-bond acceptors (Lipinski definition) is 4. The van der Waals surface area contributed by atoms with Gasteiger partial charge in [0.2, 0.25) is 11.7 Å². The Morgan fingerprint density at radius 1 is 1.16 bits per heavy atom. The third kappa shape index (κ3) is 3.71. The van der Waals surface area contributed by atoms with Crippen molar-refractivity contribution in [3.63, 3.8) is 0 Å². The Hall–Kier alpha value is -3.09. The summed E-state index contributed by atoms with van der Waals surface area (Å²) in [5.41, 5.74) is 1.41. The minimum atomic E-state index is -0.678. The van der Waals surface area contributed by atoms with Crippen molar-refractivity contribution in [2.45, 2.75) is 13.5 Å². The summed E-state index contributed by atoms with van der Waals surface area (Å²) in [4.78, 5) is 17.9. The average molecular weight is 343 g/mol. The van der Waals surface area contributed by atoms with Crippen LogP contribution in [-0.2, 0) is 6.54 Å². The van der Waals surface area contributed by atoms with E-state index in [-0.39, 0.29) is 18.0 Å². The molecule has 0 unspecified atom stereocenters. The molecule has 2 aromatic carbocycles. The first kappa shape index (κ1) is 16.8. The highest BCUT2D eigenvalue weighted by molar-refractivity contribution is 5.94. The van der Waals surface area contributed by atoms with E-state index in [0.717, 1.165) is 11.6 Å². The zero-order valence-corrected chi connectivity index (χ0v) is 13.7. The van der Waals surface area contributed by atoms with Crippen molar-refractivity contribution in [1.29, 1.82) is 0 Å². The summed E-state index contributed by atoms with van der Waals surface area (Å²) in [6, 6.07) is 10.00. The molecule has 7 heteroatoms. The van der Waals surface area contributed by atoms with Crippen LogP contribution in [0, 0.1) is 18.6 Å². The highest BCUT2D eigenvalue weighted by atomic mass is 19.1. The molecule has 5 nitrogen and oxygen atoms in total. The topological polar surface area (TPSA) is 59.2 Å². The minimum absolute atomic E-state index is 0.0384. The van der Waals surface area contributed by atoms with Gasteiger partial charge >= 0.3 is 0 Å². The van der Waals surface area contributed by atoms with E-state index in [1.54, 1.807) is 38.2 Å². The zero-order valence-electron chi connectivity index (χ0n) is 13.7. The number of rotatable bonds is 4. The number of nitrogens with zero attached hydrogens (tertiary/aromatic N) is 3. The van der Waals surface area contributed by atoms with Crippen LogP contribution < -0.4 is 0 Å². The van der Waals surface area contributed by atoms with Crippen LogP contribution in [0.25, 0.3) is 11.4 Å². The maximum Gasteiger partial charge on any atom is 0.253 e. The largest absolute Gasteiger partial charge is 0.339 e. The molecular weight excluding hydrogens is 328 g/mol. The first-order chi connectivity index (χ1) is 11.9. The normalized spacial score (nSPS) is 10.7. The molecule has 0 atom stereocenters. The summed E-state index contributed by atoms with van der Waals surface area (Å²) in [5.74, 6) is -0.709. The molecule has 1 amide bonds. The van der Waals surface area contributed by atoms with Gasteiger partial charge in [0.05, 0.1) is 0 Å². The molecule has 3 aromatic rings. The molecule has 1 aromatic heterocycles. The summed E-state index contributed by atoms with van der Waals surface area (Å²) >= 11 is 0. The number of aromatic nitrogens is 2. The minimum Gasteiger partial charge on any atom is -0.339 e. The molecule has 0 bridgehead atoms. The SMILES string of the molecule is Cc1nc(-c2ccc(C(=O)N(C)Cc3ccc(F)cc3F)cc2)no1. The highest BCUT2D eigenvalue weighted by Gasteiger charge is 2.15. The van der Waals surface area contributed by atoms with E-state index in [4.69, 9.17) is 4.52 Å². The number of halogens is 2. The van der Waals surface area contributed by atoms with Gasteiger partial charge in [-0.2, -0.15) is 4.98 Å². The second kappa shape index (κ2) is 6.80. The smallest absolute Gasteiger partial charge is 0.253 e. The quantitative estimate of drug-likeness (QED) is 0.726. The molecule has 0 saturated carbocycles. The summed E-state index contributed by atoms with van der Waals surface area (Å²) in [6.45, 7) is 1.73. The molecule has 0 aliphatic rings. The Balaban J connectivity index is 1.73. The maximum absolute atomic E-state index is 13.7. The van der Waals surface area contributed by atoms with Crippen LogP contribution in [0.2, 0.25) is 0 Å². The van der Waals surface area contributed by atoms with Crippen LogP contribution in [0.5, 0.6) is 0 Å². The molecule has 3 rings (SSSR count). The number of carbonyl (C=O) groups excluding carboxylic acids is 1. The van der Waals surface area contributed by atoms with Crippen LogP contribution in [0.15, 0.2) is 47.0 Å². The van der Waals surface area contributed by atoms with Gasteiger partial charge in [-0.1, -0.05) is 23.4 Å². The molecule has 0 spiro atoms. The number of hydrogen-bond donors (Lipinski definition) is 0. The fourth-order valence-electron chi connectivity index (χ4n) is 2.38. The molecule has 0 aliphatic heterocycles. The van der Waals surface area contributed by atoms with E-state index in [9.17, 15) is 13.6 Å². The lowest BCUT2D eigenvalue weighted by Gasteiger charge is -2.18. The molecule has 0 N–H and O–H groups in total. The van der Waals surface area contributed by atoms with Crippen molar-refractivity contribution in [1.82, 2.24) is 15.0 Å². The van der Waals surface area contributed by atoms with Gasteiger partial charge in [0.15, 0.2) is 0 Å². The maximum atomic E-state index is 13.7. The summed E-state index contributed by atoms with van der Waals surface area (Å²) < 4.78 is 31.6. The average Bonchev–Trinajstić information content (AvgIpc) is 3.03. The molecule has 0 aliphatic carbocycles. The van der Waals surface area contributed by atoms with Crippen molar-refractivity contribution in [3.8, 4) is 11.4 Å². The van der Waals surface area contributed by atoms with E-state index in [0.29, 0.717) is 17.3 Å². The number of aryl methyl sites for hydroxylation is 1. The van der Waals surface area contributed by atoms with Gasteiger partial charge in [-0.15, -0.1) is 0 Å². The second-order valence-corrected chi connectivity index (χ2v) is 5.61. The van der Waals surface area contributed by atoms with Gasteiger partial charge in [-0.3, -0.25) is 4.79 Å². The Kier molecular flexibility index (Phi) is 4.56. The predicted molar refractivity (Wildman–Crippen MR) is 86.6 cm³/mol. The second-order valence-electron chi connectivity index (χ2n) is 5.61. The van der Waals surface area contributed by atoms with Crippen molar-refractivity contribution in [2.24, 2.45) is 0 Å². The fraction of sp³-hybridized carbons (Fsp3) is 0.167. The lowest BCUT2D eigenvalue weighted by molar-refractivity contribution is 0.0784. The van der Waals surface area contributed by atoms with E-state index < -0.39 is 11.6 Å². The third-order valence-corrected chi connectivity index (χ3v) is 3.69. The van der Waals surface area contributed by atoms with Crippen molar-refractivity contribution < 1.29 is 18.1 Å². The molecule has 25 heavy (non-hydrogen) atoms. The van der Waals surface area contributed by atoms with Crippen LogP contribution in [0.3, 0.4) is 0 Å². The van der Waals surface area contributed by atoms with E-state index in [1.807, 2.05) is 0 Å². The van der Waals surface area contributed by atoms with Crippen molar-refractivity contribution >= 4 is 5.91 Å². The van der Waals surface area contributed by atoms with Gasteiger partial charge in [-0.05, 0) is 18.2 Å². The first-order valence-electron chi connectivity index (χ1n) is 7.54. The van der Waals surface area contributed by atoms with Crippen LogP contribution in [-0.4, -0.2) is 28.0 Å². The van der Waals surface area contributed by atoms with E-state index >= 15 is 0 Å². The van der Waals surface area contributed by atoms with E-state index in [2.05, 4.69) is 10.1 Å². The third-order valence-electron chi connectivity index (χ3n) is 3.69. The highest BCUT2D eigenvalue weighted by Crippen LogP contribution is 2.18. The Morgan fingerprint density at radius 3 is 2.48 bits per heavy atom. The number of amides is 1. The van der Waals surface area contributed by atoms with Gasteiger partial charge in [-0.25, -0.2) is 8.78 Å². The van der Waals surface area contributed by atoms with Gasteiger partial charge in [0.1, 0.15) is 11.6 Å². The van der Waals surface area contributed by atoms with Crippen LogP contribution in [0.4, 0.5) is 8.78 Å². The Bertz CT molecular complexity index is 907. The molecule has 0 fully saturated rings. The Morgan fingerprint density at radius 2 is 1.88 bits per heavy atom.